The summed E-state index contributed by atoms with van der Waals surface area (Å²) in [6.45, 7) is 3.60. The second kappa shape index (κ2) is 6.40. The Morgan fingerprint density at radius 2 is 2.17 bits per heavy atom. The minimum absolute atomic E-state index is 0.133. The number of thiophene rings is 1. The van der Waals surface area contributed by atoms with E-state index in [-0.39, 0.29) is 5.91 Å². The summed E-state index contributed by atoms with van der Waals surface area (Å²) in [5, 5.41) is 5.07. The maximum absolute atomic E-state index is 11.6. The summed E-state index contributed by atoms with van der Waals surface area (Å²) in [5.41, 5.74) is 1.28. The van der Waals surface area contributed by atoms with Crippen molar-refractivity contribution < 1.29 is 4.79 Å². The molecule has 2 heterocycles. The molecule has 0 aliphatic heterocycles. The first kappa shape index (κ1) is 12.9. The lowest BCUT2D eigenvalue weighted by molar-refractivity contribution is -0.121. The molecule has 2 aromatic rings. The quantitative estimate of drug-likeness (QED) is 0.853. The first-order valence-corrected chi connectivity index (χ1v) is 7.03. The van der Waals surface area contributed by atoms with Crippen LogP contribution in [0.4, 0.5) is 0 Å². The molecule has 0 spiro atoms. The molecule has 18 heavy (non-hydrogen) atoms. The summed E-state index contributed by atoms with van der Waals surface area (Å²) in [4.78, 5) is 12.9. The second-order valence-electron chi connectivity index (χ2n) is 4.36. The van der Waals surface area contributed by atoms with Crippen LogP contribution in [0.25, 0.3) is 0 Å². The maximum atomic E-state index is 11.6. The fraction of sp³-hybridized carbons (Fsp3) is 0.357. The van der Waals surface area contributed by atoms with Crippen molar-refractivity contribution in [1.82, 2.24) is 9.88 Å². The average molecular weight is 262 g/mol. The van der Waals surface area contributed by atoms with Crippen molar-refractivity contribution in [2.45, 2.75) is 26.3 Å². The lowest BCUT2D eigenvalue weighted by atomic mass is 10.2. The van der Waals surface area contributed by atoms with E-state index < -0.39 is 0 Å². The van der Waals surface area contributed by atoms with Crippen molar-refractivity contribution in [1.29, 1.82) is 0 Å². The lowest BCUT2D eigenvalue weighted by Gasteiger charge is -2.05. The molecule has 96 valence electrons. The van der Waals surface area contributed by atoms with E-state index in [2.05, 4.69) is 28.3 Å². The van der Waals surface area contributed by atoms with Crippen LogP contribution in [-0.2, 0) is 17.8 Å². The van der Waals surface area contributed by atoms with Crippen molar-refractivity contribution >= 4 is 17.2 Å². The maximum Gasteiger partial charge on any atom is 0.220 e. The molecule has 1 amide bonds. The SMILES string of the molecule is Cc1csc(CCC(=O)NCCn2cccc2)c1. The van der Waals surface area contributed by atoms with Crippen LogP contribution >= 0.6 is 11.3 Å². The van der Waals surface area contributed by atoms with Crippen molar-refractivity contribution in [2.75, 3.05) is 6.54 Å². The molecule has 0 aliphatic rings. The Balaban J connectivity index is 1.63. The normalized spacial score (nSPS) is 10.5. The van der Waals surface area contributed by atoms with Gasteiger partial charge in [-0.1, -0.05) is 0 Å². The molecule has 4 heteroatoms. The van der Waals surface area contributed by atoms with E-state index in [1.807, 2.05) is 24.5 Å². The number of amides is 1. The first-order chi connectivity index (χ1) is 8.74. The molecule has 2 rings (SSSR count). The summed E-state index contributed by atoms with van der Waals surface area (Å²) in [6, 6.07) is 6.12. The summed E-state index contributed by atoms with van der Waals surface area (Å²) in [5.74, 6) is 0.133. The number of carbonyl (C=O) groups is 1. The number of hydrogen-bond donors (Lipinski definition) is 1. The van der Waals surface area contributed by atoms with Gasteiger partial charge in [0.25, 0.3) is 0 Å². The molecule has 2 aromatic heterocycles. The van der Waals surface area contributed by atoms with Gasteiger partial charge in [0.1, 0.15) is 0 Å². The van der Waals surface area contributed by atoms with Gasteiger partial charge in [0.05, 0.1) is 0 Å². The zero-order valence-electron chi connectivity index (χ0n) is 10.6. The van der Waals surface area contributed by atoms with E-state index in [9.17, 15) is 4.79 Å². The zero-order chi connectivity index (χ0) is 12.8. The second-order valence-corrected chi connectivity index (χ2v) is 5.36. The average Bonchev–Trinajstić information content (AvgIpc) is 2.98. The number of hydrogen-bond acceptors (Lipinski definition) is 2. The summed E-state index contributed by atoms with van der Waals surface area (Å²) in [6.07, 6.45) is 5.42. The van der Waals surface area contributed by atoms with Gasteiger partial charge in [-0.2, -0.15) is 0 Å². The van der Waals surface area contributed by atoms with Gasteiger partial charge in [0.15, 0.2) is 0 Å². The Labute approximate surface area is 111 Å². The Morgan fingerprint density at radius 1 is 1.39 bits per heavy atom. The van der Waals surface area contributed by atoms with Crippen LogP contribution in [0.2, 0.25) is 0 Å². The van der Waals surface area contributed by atoms with E-state index >= 15 is 0 Å². The van der Waals surface area contributed by atoms with E-state index in [4.69, 9.17) is 0 Å². The molecule has 0 atom stereocenters. The minimum Gasteiger partial charge on any atom is -0.354 e. The van der Waals surface area contributed by atoms with Gasteiger partial charge in [-0.3, -0.25) is 4.79 Å². The molecular weight excluding hydrogens is 244 g/mol. The molecule has 0 fully saturated rings. The van der Waals surface area contributed by atoms with E-state index in [1.54, 1.807) is 11.3 Å². The monoisotopic (exact) mass is 262 g/mol. The fourth-order valence-corrected chi connectivity index (χ4v) is 2.67. The highest BCUT2D eigenvalue weighted by Gasteiger charge is 2.03. The van der Waals surface area contributed by atoms with Crippen LogP contribution in [0.15, 0.2) is 36.0 Å². The predicted octanol–water partition coefficient (Wildman–Crippen LogP) is 2.61. The van der Waals surface area contributed by atoms with E-state index in [0.29, 0.717) is 13.0 Å². The molecule has 1 N–H and O–H groups in total. The van der Waals surface area contributed by atoms with Crippen LogP contribution in [-0.4, -0.2) is 17.0 Å². The Hall–Kier alpha value is -1.55. The highest BCUT2D eigenvalue weighted by molar-refractivity contribution is 7.10. The smallest absolute Gasteiger partial charge is 0.220 e. The standard InChI is InChI=1S/C14H18N2OS/c1-12-10-13(18-11-12)4-5-14(17)15-6-9-16-7-2-3-8-16/h2-3,7-8,10-11H,4-6,9H2,1H3,(H,15,17). The molecule has 0 saturated heterocycles. The number of aromatic nitrogens is 1. The Morgan fingerprint density at radius 3 is 2.83 bits per heavy atom. The fourth-order valence-electron chi connectivity index (χ4n) is 1.79. The zero-order valence-corrected chi connectivity index (χ0v) is 11.4. The largest absolute Gasteiger partial charge is 0.354 e. The molecule has 0 bridgehead atoms. The van der Waals surface area contributed by atoms with Crippen molar-refractivity contribution in [3.05, 3.63) is 46.4 Å². The van der Waals surface area contributed by atoms with E-state index in [0.717, 1.165) is 13.0 Å². The minimum atomic E-state index is 0.133. The highest BCUT2D eigenvalue weighted by Crippen LogP contribution is 2.15. The Kier molecular flexibility index (Phi) is 4.59. The van der Waals surface area contributed by atoms with Gasteiger partial charge in [0, 0.05) is 36.8 Å². The number of carbonyl (C=O) groups excluding carboxylic acids is 1. The summed E-state index contributed by atoms with van der Waals surface area (Å²) >= 11 is 1.73. The number of nitrogens with one attached hydrogen (secondary N) is 1. The van der Waals surface area contributed by atoms with Crippen LogP contribution in [0, 0.1) is 6.92 Å². The first-order valence-electron chi connectivity index (χ1n) is 6.15. The molecule has 0 aliphatic carbocycles. The molecule has 0 unspecified atom stereocenters. The number of rotatable bonds is 6. The molecule has 0 saturated carbocycles. The van der Waals surface area contributed by atoms with Crippen LogP contribution in [0.5, 0.6) is 0 Å². The third-order valence-corrected chi connectivity index (χ3v) is 3.86. The Bertz CT molecular complexity index is 488. The van der Waals surface area contributed by atoms with Crippen molar-refractivity contribution in [2.24, 2.45) is 0 Å². The van der Waals surface area contributed by atoms with E-state index in [1.165, 1.54) is 10.4 Å². The number of nitrogens with zero attached hydrogens (tertiary/aromatic N) is 1. The molecular formula is C14H18N2OS. The van der Waals surface area contributed by atoms with Crippen LogP contribution in [0.3, 0.4) is 0 Å². The molecule has 0 aromatic carbocycles. The van der Waals surface area contributed by atoms with Crippen molar-refractivity contribution in [3.8, 4) is 0 Å². The van der Waals surface area contributed by atoms with Gasteiger partial charge in [-0.15, -0.1) is 11.3 Å². The summed E-state index contributed by atoms with van der Waals surface area (Å²) in [7, 11) is 0. The van der Waals surface area contributed by atoms with Crippen LogP contribution < -0.4 is 5.32 Å². The predicted molar refractivity (Wildman–Crippen MR) is 74.8 cm³/mol. The van der Waals surface area contributed by atoms with Gasteiger partial charge in [0.2, 0.25) is 5.91 Å². The van der Waals surface area contributed by atoms with Crippen molar-refractivity contribution in [3.63, 3.8) is 0 Å². The van der Waals surface area contributed by atoms with Gasteiger partial charge >= 0.3 is 0 Å². The lowest BCUT2D eigenvalue weighted by Crippen LogP contribution is -2.27. The van der Waals surface area contributed by atoms with Crippen LogP contribution in [0.1, 0.15) is 16.9 Å². The van der Waals surface area contributed by atoms with Gasteiger partial charge < -0.3 is 9.88 Å². The molecule has 3 nitrogen and oxygen atoms in total. The highest BCUT2D eigenvalue weighted by atomic mass is 32.1. The topological polar surface area (TPSA) is 34.0 Å². The third-order valence-electron chi connectivity index (χ3n) is 2.74. The van der Waals surface area contributed by atoms with Gasteiger partial charge in [-0.25, -0.2) is 0 Å². The van der Waals surface area contributed by atoms with Gasteiger partial charge in [-0.05, 0) is 42.5 Å². The molecule has 0 radical (unpaired) electrons. The summed E-state index contributed by atoms with van der Waals surface area (Å²) < 4.78 is 2.06. The number of aryl methyl sites for hydroxylation is 2. The third kappa shape index (κ3) is 4.04.